The number of carboxylic acids is 1. The Morgan fingerprint density at radius 3 is 1.59 bits per heavy atom. The molecule has 3 aliphatic carbocycles. The number of nitrogens with one attached hydrogen (secondary N) is 1. The number of aromatic carboxylic acids is 1. The summed E-state index contributed by atoms with van der Waals surface area (Å²) >= 11 is 0. The van der Waals surface area contributed by atoms with Crippen molar-refractivity contribution in [3.63, 3.8) is 0 Å². The molecule has 7 heteroatoms. The maximum Gasteiger partial charge on any atom is 0.335 e. The van der Waals surface area contributed by atoms with E-state index in [1.807, 2.05) is 48.5 Å². The smallest absolute Gasteiger partial charge is 0.335 e. The van der Waals surface area contributed by atoms with Gasteiger partial charge in [-0.3, -0.25) is 19.3 Å². The van der Waals surface area contributed by atoms with Gasteiger partial charge in [0.15, 0.2) is 0 Å². The fraction of sp³-hybridized carbons (Fsp3) is 0.185. The van der Waals surface area contributed by atoms with Crippen molar-refractivity contribution in [2.75, 3.05) is 11.9 Å². The average Bonchev–Trinajstić information content (AvgIpc) is 3.09. The number of hydrogen-bond acceptors (Lipinski definition) is 4. The van der Waals surface area contributed by atoms with Crippen LogP contribution < -0.4 is 5.32 Å². The van der Waals surface area contributed by atoms with Crippen LogP contribution in [0.4, 0.5) is 5.69 Å². The third kappa shape index (κ3) is 2.83. The molecule has 7 rings (SSSR count). The quantitative estimate of drug-likeness (QED) is 0.592. The molecule has 1 fully saturated rings. The molecule has 0 saturated carbocycles. The van der Waals surface area contributed by atoms with Gasteiger partial charge in [-0.05, 0) is 46.5 Å². The number of benzene rings is 3. The lowest BCUT2D eigenvalue weighted by Gasteiger charge is -2.45. The molecule has 1 saturated heterocycles. The first-order valence-electron chi connectivity index (χ1n) is 11.1. The Kier molecular flexibility index (Phi) is 4.42. The standard InChI is InChI=1S/C27H20N2O5/c30-20(28-15-11-9-14(10-12-15)27(33)34)13-29-25(31)23-21-16-5-1-2-6-17(16)22(24(23)26(29)32)19-8-4-3-7-18(19)21/h1-12,21-24H,13H2,(H,28,30)(H,33,34)/t21?,22?,23-,24-/m1/s1. The van der Waals surface area contributed by atoms with Crippen molar-refractivity contribution < 1.29 is 24.3 Å². The normalized spacial score (nSPS) is 23.8. The lowest BCUT2D eigenvalue weighted by Crippen LogP contribution is -2.41. The summed E-state index contributed by atoms with van der Waals surface area (Å²) in [7, 11) is 0. The molecule has 168 valence electrons. The zero-order valence-corrected chi connectivity index (χ0v) is 18.0. The lowest BCUT2D eigenvalue weighted by atomic mass is 9.55. The maximum absolute atomic E-state index is 13.5. The van der Waals surface area contributed by atoms with Gasteiger partial charge in [-0.1, -0.05) is 48.5 Å². The fourth-order valence-electron chi connectivity index (χ4n) is 5.94. The van der Waals surface area contributed by atoms with Gasteiger partial charge in [0, 0.05) is 17.5 Å². The highest BCUT2D eigenvalue weighted by atomic mass is 16.4. The number of imide groups is 1. The number of likely N-dealkylation sites (tertiary alicyclic amines) is 1. The van der Waals surface area contributed by atoms with E-state index in [1.54, 1.807) is 0 Å². The van der Waals surface area contributed by atoms with Crippen LogP contribution in [0.3, 0.4) is 0 Å². The van der Waals surface area contributed by atoms with Gasteiger partial charge in [0.25, 0.3) is 0 Å². The molecule has 2 bridgehead atoms. The van der Waals surface area contributed by atoms with E-state index in [0.29, 0.717) is 5.69 Å². The van der Waals surface area contributed by atoms with Crippen molar-refractivity contribution in [2.24, 2.45) is 11.8 Å². The second kappa shape index (κ2) is 7.38. The number of anilines is 1. The lowest BCUT2D eigenvalue weighted by molar-refractivity contribution is -0.142. The Morgan fingerprint density at radius 1 is 0.735 bits per heavy atom. The largest absolute Gasteiger partial charge is 0.478 e. The van der Waals surface area contributed by atoms with Crippen molar-refractivity contribution >= 4 is 29.4 Å². The first-order chi connectivity index (χ1) is 16.5. The van der Waals surface area contributed by atoms with Crippen molar-refractivity contribution in [1.82, 2.24) is 4.90 Å². The third-order valence-electron chi connectivity index (χ3n) is 7.26. The summed E-state index contributed by atoms with van der Waals surface area (Å²) in [6.07, 6.45) is 0. The van der Waals surface area contributed by atoms with E-state index in [1.165, 1.54) is 24.3 Å². The number of carboxylic acid groups (broad SMARTS) is 1. The topological polar surface area (TPSA) is 104 Å². The van der Waals surface area contributed by atoms with Gasteiger partial charge in [0.2, 0.25) is 17.7 Å². The van der Waals surface area contributed by atoms with E-state index >= 15 is 0 Å². The molecular formula is C27H20N2O5. The number of carbonyl (C=O) groups excluding carboxylic acids is 3. The van der Waals surface area contributed by atoms with Crippen LogP contribution in [-0.2, 0) is 14.4 Å². The highest BCUT2D eigenvalue weighted by Gasteiger charge is 2.61. The first kappa shape index (κ1) is 20.4. The van der Waals surface area contributed by atoms with Crippen LogP contribution in [0.1, 0.15) is 44.4 Å². The minimum atomic E-state index is -1.06. The van der Waals surface area contributed by atoms with E-state index in [9.17, 15) is 19.2 Å². The van der Waals surface area contributed by atoms with Gasteiger partial charge in [0.05, 0.1) is 17.4 Å². The molecule has 3 amide bonds. The van der Waals surface area contributed by atoms with Crippen molar-refractivity contribution in [2.45, 2.75) is 11.8 Å². The van der Waals surface area contributed by atoms with Crippen LogP contribution in [0.15, 0.2) is 72.8 Å². The molecule has 3 aromatic rings. The van der Waals surface area contributed by atoms with Crippen LogP contribution >= 0.6 is 0 Å². The van der Waals surface area contributed by atoms with E-state index in [-0.39, 0.29) is 35.8 Å². The Morgan fingerprint density at radius 2 is 1.18 bits per heavy atom. The predicted octanol–water partition coefficient (Wildman–Crippen LogP) is 3.22. The van der Waals surface area contributed by atoms with Gasteiger partial charge >= 0.3 is 5.97 Å². The minimum absolute atomic E-state index is 0.0987. The average molecular weight is 452 g/mol. The highest BCUT2D eigenvalue weighted by Crippen LogP contribution is 2.60. The SMILES string of the molecule is O=C(CN1C(=O)[C@@H]2C3c4ccccc4C(c4ccccc43)[C@H]2C1=O)Nc1ccc(C(=O)O)cc1. The van der Waals surface area contributed by atoms with Gasteiger partial charge in [0.1, 0.15) is 6.54 Å². The number of carbonyl (C=O) groups is 4. The molecular weight excluding hydrogens is 432 g/mol. The number of nitrogens with zero attached hydrogens (tertiary/aromatic N) is 1. The molecule has 0 aromatic heterocycles. The summed E-state index contributed by atoms with van der Waals surface area (Å²) in [5.41, 5.74) is 4.82. The molecule has 34 heavy (non-hydrogen) atoms. The summed E-state index contributed by atoms with van der Waals surface area (Å²) in [6.45, 7) is -0.378. The Balaban J connectivity index is 1.29. The first-order valence-corrected chi connectivity index (χ1v) is 11.1. The second-order valence-electron chi connectivity index (χ2n) is 8.96. The second-order valence-corrected chi connectivity index (χ2v) is 8.96. The summed E-state index contributed by atoms with van der Waals surface area (Å²) in [5, 5.41) is 11.7. The summed E-state index contributed by atoms with van der Waals surface area (Å²) in [4.78, 5) is 51.9. The van der Waals surface area contributed by atoms with Crippen LogP contribution in [0.25, 0.3) is 0 Å². The molecule has 3 aromatic carbocycles. The number of amides is 3. The fourth-order valence-corrected chi connectivity index (χ4v) is 5.94. The van der Waals surface area contributed by atoms with Crippen LogP contribution in [0, 0.1) is 11.8 Å². The monoisotopic (exact) mass is 452 g/mol. The van der Waals surface area contributed by atoms with Crippen LogP contribution in [0.2, 0.25) is 0 Å². The van der Waals surface area contributed by atoms with Crippen LogP contribution in [-0.4, -0.2) is 40.2 Å². The Labute approximate surface area is 195 Å². The van der Waals surface area contributed by atoms with E-state index in [0.717, 1.165) is 27.2 Å². The van der Waals surface area contributed by atoms with Crippen molar-refractivity contribution in [3.8, 4) is 0 Å². The van der Waals surface area contributed by atoms with Crippen LogP contribution in [0.5, 0.6) is 0 Å². The Hall–Kier alpha value is -4.26. The van der Waals surface area contributed by atoms with Gasteiger partial charge < -0.3 is 10.4 Å². The predicted molar refractivity (Wildman–Crippen MR) is 122 cm³/mol. The third-order valence-corrected chi connectivity index (χ3v) is 7.26. The van der Waals surface area contributed by atoms with E-state index in [4.69, 9.17) is 5.11 Å². The molecule has 4 aliphatic rings. The minimum Gasteiger partial charge on any atom is -0.478 e. The summed E-state index contributed by atoms with van der Waals surface area (Å²) in [5.74, 6) is -3.67. The van der Waals surface area contributed by atoms with Crippen molar-refractivity contribution in [1.29, 1.82) is 0 Å². The number of rotatable bonds is 4. The molecule has 0 unspecified atom stereocenters. The molecule has 1 heterocycles. The molecule has 0 spiro atoms. The van der Waals surface area contributed by atoms with Gasteiger partial charge in [-0.25, -0.2) is 4.79 Å². The molecule has 2 atom stereocenters. The van der Waals surface area contributed by atoms with E-state index in [2.05, 4.69) is 5.32 Å². The van der Waals surface area contributed by atoms with Crippen molar-refractivity contribution in [3.05, 3.63) is 101 Å². The summed E-state index contributed by atoms with van der Waals surface area (Å²) < 4.78 is 0. The van der Waals surface area contributed by atoms with Gasteiger partial charge in [-0.2, -0.15) is 0 Å². The molecule has 1 aliphatic heterocycles. The maximum atomic E-state index is 13.5. The summed E-state index contributed by atoms with van der Waals surface area (Å²) in [6, 6.07) is 21.7. The van der Waals surface area contributed by atoms with E-state index < -0.39 is 23.7 Å². The van der Waals surface area contributed by atoms with Gasteiger partial charge in [-0.15, -0.1) is 0 Å². The highest BCUT2D eigenvalue weighted by molar-refractivity contribution is 6.10. The zero-order chi connectivity index (χ0) is 23.6. The molecule has 7 nitrogen and oxygen atoms in total. The molecule has 2 N–H and O–H groups in total. The zero-order valence-electron chi connectivity index (χ0n) is 18.0. The Bertz CT molecular complexity index is 1260. The number of hydrogen-bond donors (Lipinski definition) is 2. The molecule has 0 radical (unpaired) electrons.